The topological polar surface area (TPSA) is 115 Å². The maximum Gasteiger partial charge on any atom is 0.315 e. The van der Waals surface area contributed by atoms with Crippen molar-refractivity contribution in [1.82, 2.24) is 24.5 Å². The number of nitrogens with zero attached hydrogens (tertiary/aromatic N) is 6. The molecule has 1 N–H and O–H groups in total. The summed E-state index contributed by atoms with van der Waals surface area (Å²) >= 11 is 1.45. The average Bonchev–Trinajstić information content (AvgIpc) is 3.44. The molecular weight excluding hydrogens is 418 g/mol. The minimum atomic E-state index is -0.321. The Morgan fingerprint density at radius 1 is 1.29 bits per heavy atom. The molecule has 0 radical (unpaired) electrons. The SMILES string of the molecule is CCOC(=O)[C@H]1CCc2sc(NC(=O)C3CN(c4cc(-n5ccnc5)ncn4)C3)nc21. The fourth-order valence-corrected chi connectivity index (χ4v) is 4.88. The van der Waals surface area contributed by atoms with Crippen LogP contribution >= 0.6 is 11.3 Å². The van der Waals surface area contributed by atoms with E-state index in [1.165, 1.54) is 17.7 Å². The second-order valence-corrected chi connectivity index (χ2v) is 8.55. The van der Waals surface area contributed by atoms with Gasteiger partial charge in [-0.2, -0.15) is 0 Å². The molecule has 3 aromatic rings. The van der Waals surface area contributed by atoms with Gasteiger partial charge in [0.05, 0.1) is 18.2 Å². The third-order valence-electron chi connectivity index (χ3n) is 5.50. The lowest BCUT2D eigenvalue weighted by atomic mass is 9.99. The number of aromatic nitrogens is 5. The van der Waals surface area contributed by atoms with Crippen LogP contribution in [0.1, 0.15) is 29.8 Å². The molecule has 1 saturated heterocycles. The van der Waals surface area contributed by atoms with Gasteiger partial charge in [-0.25, -0.2) is 19.9 Å². The smallest absolute Gasteiger partial charge is 0.315 e. The Bertz CT molecular complexity index is 1110. The number of hydrogen-bond acceptors (Lipinski definition) is 9. The van der Waals surface area contributed by atoms with Crippen LogP contribution in [-0.4, -0.2) is 56.1 Å². The number of thiazole rings is 1. The quantitative estimate of drug-likeness (QED) is 0.578. The summed E-state index contributed by atoms with van der Waals surface area (Å²) in [6, 6.07) is 1.87. The summed E-state index contributed by atoms with van der Waals surface area (Å²) in [5, 5.41) is 3.46. The molecule has 160 valence electrons. The van der Waals surface area contributed by atoms with E-state index in [0.29, 0.717) is 24.8 Å². The summed E-state index contributed by atoms with van der Waals surface area (Å²) < 4.78 is 6.95. The molecule has 1 atom stereocenters. The largest absolute Gasteiger partial charge is 0.465 e. The molecule has 1 fully saturated rings. The van der Waals surface area contributed by atoms with Gasteiger partial charge in [0.2, 0.25) is 5.91 Å². The lowest BCUT2D eigenvalue weighted by Crippen LogP contribution is -2.52. The van der Waals surface area contributed by atoms with Crippen LogP contribution in [-0.2, 0) is 20.7 Å². The minimum Gasteiger partial charge on any atom is -0.465 e. The third-order valence-corrected chi connectivity index (χ3v) is 6.55. The van der Waals surface area contributed by atoms with Gasteiger partial charge in [0.25, 0.3) is 0 Å². The van der Waals surface area contributed by atoms with Gasteiger partial charge in [-0.15, -0.1) is 11.3 Å². The first-order chi connectivity index (χ1) is 15.1. The van der Waals surface area contributed by atoms with E-state index in [-0.39, 0.29) is 23.7 Å². The number of nitrogens with one attached hydrogen (secondary N) is 1. The number of esters is 1. The Balaban J connectivity index is 1.19. The molecule has 1 aliphatic heterocycles. The van der Waals surface area contributed by atoms with Crippen LogP contribution in [0.3, 0.4) is 0 Å². The van der Waals surface area contributed by atoms with E-state index in [1.54, 1.807) is 24.0 Å². The molecule has 4 heterocycles. The first-order valence-electron chi connectivity index (χ1n) is 10.1. The molecule has 1 amide bonds. The summed E-state index contributed by atoms with van der Waals surface area (Å²) in [5.41, 5.74) is 0.752. The Hall–Kier alpha value is -3.34. The van der Waals surface area contributed by atoms with Crippen LogP contribution < -0.4 is 10.2 Å². The number of imidazole rings is 1. The maximum absolute atomic E-state index is 12.7. The molecule has 0 aromatic carbocycles. The van der Waals surface area contributed by atoms with Gasteiger partial charge in [-0.1, -0.05) is 0 Å². The van der Waals surface area contributed by atoms with Gasteiger partial charge in [-0.05, 0) is 19.8 Å². The van der Waals surface area contributed by atoms with Crippen LogP contribution in [0.15, 0.2) is 31.1 Å². The molecule has 10 nitrogen and oxygen atoms in total. The van der Waals surface area contributed by atoms with Crippen LogP contribution in [0.25, 0.3) is 5.82 Å². The number of carbonyl (C=O) groups is 2. The zero-order chi connectivity index (χ0) is 21.4. The Kier molecular flexibility index (Phi) is 5.10. The molecule has 0 bridgehead atoms. The van der Waals surface area contributed by atoms with E-state index in [9.17, 15) is 9.59 Å². The summed E-state index contributed by atoms with van der Waals surface area (Å²) in [4.78, 5) is 45.0. The number of carbonyl (C=O) groups excluding carboxylic acids is 2. The van der Waals surface area contributed by atoms with Crippen molar-refractivity contribution in [2.45, 2.75) is 25.7 Å². The van der Waals surface area contributed by atoms with Crippen LogP contribution in [0.2, 0.25) is 0 Å². The zero-order valence-electron chi connectivity index (χ0n) is 16.9. The number of anilines is 2. The first kappa shape index (κ1) is 19.6. The predicted octanol–water partition coefficient (Wildman–Crippen LogP) is 1.79. The van der Waals surface area contributed by atoms with E-state index < -0.39 is 0 Å². The molecule has 11 heteroatoms. The number of ether oxygens (including phenoxy) is 1. The molecule has 3 aromatic heterocycles. The molecule has 5 rings (SSSR count). The highest BCUT2D eigenvalue weighted by atomic mass is 32.1. The van der Waals surface area contributed by atoms with Gasteiger partial charge in [0.1, 0.15) is 30.2 Å². The summed E-state index contributed by atoms with van der Waals surface area (Å²) in [6.45, 7) is 3.29. The normalized spacial score (nSPS) is 17.8. The number of amides is 1. The standard InChI is InChI=1S/C20H21N7O3S/c1-2-30-19(29)13-3-4-14-17(13)24-20(31-14)25-18(28)12-8-27(9-12)16-7-15(22-10-23-16)26-6-5-21-11-26/h5-7,10-13H,2-4,8-9H2,1H3,(H,24,25,28)/t13-/m0/s1. The van der Waals surface area contributed by atoms with Gasteiger partial charge in [-0.3, -0.25) is 14.2 Å². The van der Waals surface area contributed by atoms with E-state index in [4.69, 9.17) is 4.74 Å². The monoisotopic (exact) mass is 439 g/mol. The van der Waals surface area contributed by atoms with Gasteiger partial charge < -0.3 is 15.0 Å². The van der Waals surface area contributed by atoms with Crippen molar-refractivity contribution >= 4 is 34.2 Å². The molecule has 0 unspecified atom stereocenters. The maximum atomic E-state index is 12.7. The first-order valence-corrected chi connectivity index (χ1v) is 11.0. The predicted molar refractivity (Wildman–Crippen MR) is 113 cm³/mol. The summed E-state index contributed by atoms with van der Waals surface area (Å²) in [5.74, 6) is 0.723. The number of hydrogen-bond donors (Lipinski definition) is 1. The number of aryl methyl sites for hydroxylation is 1. The molecule has 2 aliphatic rings. The van der Waals surface area contributed by atoms with E-state index in [2.05, 4.69) is 25.3 Å². The van der Waals surface area contributed by atoms with E-state index in [0.717, 1.165) is 35.0 Å². The fraction of sp³-hybridized carbons (Fsp3) is 0.400. The molecule has 0 saturated carbocycles. The average molecular weight is 440 g/mol. The third kappa shape index (κ3) is 3.76. The molecule has 0 spiro atoms. The lowest BCUT2D eigenvalue weighted by molar-refractivity contribution is -0.145. The molecular formula is C20H21N7O3S. The van der Waals surface area contributed by atoms with Crippen LogP contribution in [0, 0.1) is 5.92 Å². The van der Waals surface area contributed by atoms with Crippen molar-refractivity contribution in [2.24, 2.45) is 5.92 Å². The van der Waals surface area contributed by atoms with E-state index in [1.807, 2.05) is 17.2 Å². The van der Waals surface area contributed by atoms with Crippen LogP contribution in [0.5, 0.6) is 0 Å². The Morgan fingerprint density at radius 2 is 2.13 bits per heavy atom. The van der Waals surface area contributed by atoms with Crippen molar-refractivity contribution in [3.63, 3.8) is 0 Å². The Morgan fingerprint density at radius 3 is 2.90 bits per heavy atom. The van der Waals surface area contributed by atoms with Crippen molar-refractivity contribution in [1.29, 1.82) is 0 Å². The van der Waals surface area contributed by atoms with Crippen molar-refractivity contribution < 1.29 is 14.3 Å². The second-order valence-electron chi connectivity index (χ2n) is 7.47. The number of fused-ring (bicyclic) bond motifs is 1. The lowest BCUT2D eigenvalue weighted by Gasteiger charge is -2.38. The highest BCUT2D eigenvalue weighted by Gasteiger charge is 2.36. The van der Waals surface area contributed by atoms with Gasteiger partial charge in [0, 0.05) is 36.4 Å². The fourth-order valence-electron chi connectivity index (χ4n) is 3.84. The summed E-state index contributed by atoms with van der Waals surface area (Å²) in [7, 11) is 0. The van der Waals surface area contributed by atoms with Gasteiger partial charge in [0.15, 0.2) is 5.13 Å². The molecule has 31 heavy (non-hydrogen) atoms. The minimum absolute atomic E-state index is 0.0692. The van der Waals surface area contributed by atoms with Crippen LogP contribution in [0.4, 0.5) is 10.9 Å². The van der Waals surface area contributed by atoms with E-state index >= 15 is 0 Å². The highest BCUT2D eigenvalue weighted by Crippen LogP contribution is 2.39. The van der Waals surface area contributed by atoms with Crippen molar-refractivity contribution in [3.8, 4) is 5.82 Å². The second kappa shape index (κ2) is 8.06. The van der Waals surface area contributed by atoms with Crippen molar-refractivity contribution in [2.75, 3.05) is 29.9 Å². The highest BCUT2D eigenvalue weighted by molar-refractivity contribution is 7.16. The van der Waals surface area contributed by atoms with Gasteiger partial charge >= 0.3 is 5.97 Å². The Labute approximate surface area is 182 Å². The zero-order valence-corrected chi connectivity index (χ0v) is 17.7. The van der Waals surface area contributed by atoms with Crippen molar-refractivity contribution in [3.05, 3.63) is 41.7 Å². The molecule has 1 aliphatic carbocycles. The number of rotatable bonds is 6. The summed E-state index contributed by atoms with van der Waals surface area (Å²) in [6.07, 6.45) is 8.20.